The molecule has 1 aliphatic rings. The molecule has 0 unspecified atom stereocenters. The van der Waals surface area contributed by atoms with Gasteiger partial charge < -0.3 is 14.6 Å². The molecule has 164 valence electrons. The van der Waals surface area contributed by atoms with E-state index in [1.165, 1.54) is 35.3 Å². The van der Waals surface area contributed by atoms with Gasteiger partial charge in [0.25, 0.3) is 0 Å². The van der Waals surface area contributed by atoms with E-state index in [-0.39, 0.29) is 16.6 Å². The highest BCUT2D eigenvalue weighted by atomic mass is 32.2. The van der Waals surface area contributed by atoms with Crippen LogP contribution in [0.4, 0.5) is 5.69 Å². The number of rotatable bonds is 8. The molecule has 0 aliphatic carbocycles. The predicted molar refractivity (Wildman–Crippen MR) is 114 cm³/mol. The average Bonchev–Trinajstić information content (AvgIpc) is 2.95. The van der Waals surface area contributed by atoms with Crippen molar-refractivity contribution in [2.75, 3.05) is 31.3 Å². The average molecular weight is 455 g/mol. The number of hydrogen-bond acceptors (Lipinski definition) is 8. The summed E-state index contributed by atoms with van der Waals surface area (Å²) < 4.78 is 37.8. The predicted octanol–water partition coefficient (Wildman–Crippen LogP) is 2.82. The Kier molecular flexibility index (Phi) is 7.73. The molecule has 3 rings (SSSR count). The quantitative estimate of drug-likeness (QED) is 0.648. The molecule has 0 saturated carbocycles. The molecule has 2 aromatic rings. The van der Waals surface area contributed by atoms with E-state index in [0.717, 1.165) is 25.7 Å². The smallest absolute Gasteiger partial charge is 0.243 e. The van der Waals surface area contributed by atoms with Gasteiger partial charge >= 0.3 is 0 Å². The molecule has 1 aromatic carbocycles. The summed E-state index contributed by atoms with van der Waals surface area (Å²) in [5, 5.41) is 6.53. The summed E-state index contributed by atoms with van der Waals surface area (Å²) in [6.45, 7) is 2.73. The zero-order valence-corrected chi connectivity index (χ0v) is 18.7. The van der Waals surface area contributed by atoms with Crippen molar-refractivity contribution in [2.24, 2.45) is 0 Å². The fourth-order valence-corrected chi connectivity index (χ4v) is 5.40. The van der Waals surface area contributed by atoms with Crippen LogP contribution in [0.2, 0.25) is 0 Å². The van der Waals surface area contributed by atoms with Crippen LogP contribution in [-0.2, 0) is 20.6 Å². The molecule has 1 aromatic heterocycles. The lowest BCUT2D eigenvalue weighted by Gasteiger charge is -2.21. The fourth-order valence-electron chi connectivity index (χ4n) is 3.20. The van der Waals surface area contributed by atoms with E-state index in [1.807, 2.05) is 0 Å². The van der Waals surface area contributed by atoms with Gasteiger partial charge in [-0.15, -0.1) is 11.8 Å². The summed E-state index contributed by atoms with van der Waals surface area (Å²) in [4.78, 5) is 16.6. The van der Waals surface area contributed by atoms with Crippen LogP contribution >= 0.6 is 11.8 Å². The van der Waals surface area contributed by atoms with E-state index in [0.29, 0.717) is 42.0 Å². The van der Waals surface area contributed by atoms with Crippen LogP contribution in [-0.4, -0.2) is 54.7 Å². The number of carbonyl (C=O) groups is 1. The first-order valence-corrected chi connectivity index (χ1v) is 12.3. The molecule has 1 aliphatic heterocycles. The summed E-state index contributed by atoms with van der Waals surface area (Å²) in [7, 11) is -2.15. The number of thioether (sulfide) groups is 1. The van der Waals surface area contributed by atoms with Gasteiger partial charge in [-0.05, 0) is 31.0 Å². The molecule has 0 spiro atoms. The van der Waals surface area contributed by atoms with Crippen LogP contribution in [0, 0.1) is 6.92 Å². The van der Waals surface area contributed by atoms with Gasteiger partial charge in [-0.25, -0.2) is 8.42 Å². The third-order valence-corrected chi connectivity index (χ3v) is 7.51. The van der Waals surface area contributed by atoms with Crippen molar-refractivity contribution in [3.8, 4) is 5.75 Å². The summed E-state index contributed by atoms with van der Waals surface area (Å²) in [5.74, 6) is 1.71. The number of aryl methyl sites for hydroxylation is 1. The van der Waals surface area contributed by atoms with Gasteiger partial charge in [-0.2, -0.15) is 9.29 Å². The Morgan fingerprint density at radius 2 is 2.00 bits per heavy atom. The van der Waals surface area contributed by atoms with Gasteiger partial charge in [-0.3, -0.25) is 4.79 Å². The van der Waals surface area contributed by atoms with Gasteiger partial charge in [0.1, 0.15) is 5.75 Å². The largest absolute Gasteiger partial charge is 0.495 e. The highest BCUT2D eigenvalue weighted by Gasteiger charge is 2.26. The lowest BCUT2D eigenvalue weighted by molar-refractivity contribution is -0.113. The second-order valence-corrected chi connectivity index (χ2v) is 9.87. The van der Waals surface area contributed by atoms with E-state index in [2.05, 4.69) is 15.5 Å². The van der Waals surface area contributed by atoms with Crippen LogP contribution in [0.3, 0.4) is 0 Å². The standard InChI is InChI=1S/C19H26N4O5S2/c1-14-20-18(22-28-14)12-29-13-19(24)21-16-11-15(7-8-17(16)27-2)30(25,26)23-9-5-3-4-6-10-23/h7-8,11H,3-6,9-10,12-13H2,1-2H3,(H,21,24). The molecule has 11 heteroatoms. The van der Waals surface area contributed by atoms with Gasteiger partial charge in [0.15, 0.2) is 5.82 Å². The van der Waals surface area contributed by atoms with Crippen molar-refractivity contribution in [1.29, 1.82) is 0 Å². The Labute approximate surface area is 180 Å². The van der Waals surface area contributed by atoms with Gasteiger partial charge in [-0.1, -0.05) is 18.0 Å². The first-order valence-electron chi connectivity index (χ1n) is 9.75. The first kappa shape index (κ1) is 22.6. The molecule has 2 heterocycles. The Balaban J connectivity index is 1.68. The van der Waals surface area contributed by atoms with Crippen LogP contribution in [0.15, 0.2) is 27.6 Å². The van der Waals surface area contributed by atoms with Crippen molar-refractivity contribution < 1.29 is 22.5 Å². The van der Waals surface area contributed by atoms with Gasteiger partial charge in [0, 0.05) is 20.0 Å². The molecule has 0 radical (unpaired) electrons. The summed E-state index contributed by atoms with van der Waals surface area (Å²) in [5.41, 5.74) is 0.328. The van der Waals surface area contributed by atoms with Crippen LogP contribution in [0.5, 0.6) is 5.75 Å². The van der Waals surface area contributed by atoms with Crippen molar-refractivity contribution in [1.82, 2.24) is 14.4 Å². The maximum atomic E-state index is 13.1. The highest BCUT2D eigenvalue weighted by Crippen LogP contribution is 2.30. The van der Waals surface area contributed by atoms with Crippen LogP contribution < -0.4 is 10.1 Å². The summed E-state index contributed by atoms with van der Waals surface area (Å²) >= 11 is 1.33. The lowest BCUT2D eigenvalue weighted by Crippen LogP contribution is -2.32. The number of nitrogens with zero attached hydrogens (tertiary/aromatic N) is 3. The minimum absolute atomic E-state index is 0.149. The molecular weight excluding hydrogens is 428 g/mol. The minimum Gasteiger partial charge on any atom is -0.495 e. The van der Waals surface area contributed by atoms with E-state index < -0.39 is 10.0 Å². The second kappa shape index (κ2) is 10.3. The number of benzene rings is 1. The monoisotopic (exact) mass is 454 g/mol. The van der Waals surface area contributed by atoms with Gasteiger partial charge in [0.05, 0.1) is 29.2 Å². The number of aromatic nitrogens is 2. The van der Waals surface area contributed by atoms with E-state index in [4.69, 9.17) is 9.26 Å². The molecule has 0 bridgehead atoms. The number of hydrogen-bond donors (Lipinski definition) is 1. The molecule has 1 saturated heterocycles. The fraction of sp³-hybridized carbons (Fsp3) is 0.526. The number of ether oxygens (including phenoxy) is 1. The molecule has 30 heavy (non-hydrogen) atoms. The topological polar surface area (TPSA) is 115 Å². The Bertz CT molecular complexity index is 969. The zero-order chi connectivity index (χ0) is 21.6. The lowest BCUT2D eigenvalue weighted by atomic mass is 10.2. The van der Waals surface area contributed by atoms with Gasteiger partial charge in [0.2, 0.25) is 21.8 Å². The van der Waals surface area contributed by atoms with E-state index >= 15 is 0 Å². The second-order valence-electron chi connectivity index (χ2n) is 6.95. The number of methoxy groups -OCH3 is 1. The third-order valence-electron chi connectivity index (χ3n) is 4.68. The Morgan fingerprint density at radius 3 is 2.63 bits per heavy atom. The first-order chi connectivity index (χ1) is 14.4. The van der Waals surface area contributed by atoms with Crippen molar-refractivity contribution in [3.63, 3.8) is 0 Å². The van der Waals surface area contributed by atoms with E-state index in [9.17, 15) is 13.2 Å². The number of amides is 1. The summed E-state index contributed by atoms with van der Waals surface area (Å²) in [6, 6.07) is 4.54. The normalized spacial score (nSPS) is 15.5. The summed E-state index contributed by atoms with van der Waals surface area (Å²) in [6.07, 6.45) is 3.79. The number of anilines is 1. The van der Waals surface area contributed by atoms with Crippen molar-refractivity contribution >= 4 is 33.4 Å². The number of carbonyl (C=O) groups excluding carboxylic acids is 1. The maximum Gasteiger partial charge on any atom is 0.243 e. The minimum atomic E-state index is -3.62. The van der Waals surface area contributed by atoms with Crippen LogP contribution in [0.25, 0.3) is 0 Å². The molecule has 0 atom stereocenters. The highest BCUT2D eigenvalue weighted by molar-refractivity contribution is 7.99. The number of sulfonamides is 1. The van der Waals surface area contributed by atoms with Crippen LogP contribution in [0.1, 0.15) is 37.4 Å². The SMILES string of the molecule is COc1ccc(S(=O)(=O)N2CCCCCC2)cc1NC(=O)CSCc1noc(C)n1. The molecule has 1 fully saturated rings. The van der Waals surface area contributed by atoms with Crippen molar-refractivity contribution in [2.45, 2.75) is 43.3 Å². The molecular formula is C19H26N4O5S2. The zero-order valence-electron chi connectivity index (χ0n) is 17.1. The molecule has 1 amide bonds. The maximum absolute atomic E-state index is 13.1. The Morgan fingerprint density at radius 1 is 1.27 bits per heavy atom. The van der Waals surface area contributed by atoms with E-state index in [1.54, 1.807) is 13.0 Å². The number of nitrogens with one attached hydrogen (secondary N) is 1. The third kappa shape index (κ3) is 5.73. The Hall–Kier alpha value is -2.11. The van der Waals surface area contributed by atoms with Crippen molar-refractivity contribution in [3.05, 3.63) is 29.9 Å². The molecule has 9 nitrogen and oxygen atoms in total. The molecule has 1 N–H and O–H groups in total.